The van der Waals surface area contributed by atoms with Crippen molar-refractivity contribution in [1.29, 1.82) is 0 Å². The van der Waals surface area contributed by atoms with Crippen LogP contribution in [0.2, 0.25) is 0 Å². The van der Waals surface area contributed by atoms with Gasteiger partial charge in [0.25, 0.3) is 0 Å². The van der Waals surface area contributed by atoms with E-state index in [0.29, 0.717) is 13.1 Å². The number of nitrogens with one attached hydrogen (secondary N) is 1. The fourth-order valence-electron chi connectivity index (χ4n) is 3.32. The Labute approximate surface area is 167 Å². The zero-order valence-corrected chi connectivity index (χ0v) is 16.7. The molecule has 0 unspecified atom stereocenters. The molecule has 0 spiro atoms. The number of hydrogen-bond acceptors (Lipinski definition) is 7. The molecule has 0 atom stereocenters. The third-order valence-corrected chi connectivity index (χ3v) is 5.62. The third kappa shape index (κ3) is 4.86. The topological polar surface area (TPSA) is 79.4 Å². The largest absolute Gasteiger partial charge is 0.360 e. The molecule has 4 heterocycles. The van der Waals surface area contributed by atoms with E-state index in [2.05, 4.69) is 31.4 Å². The van der Waals surface area contributed by atoms with Crippen LogP contribution in [0.15, 0.2) is 40.4 Å². The van der Waals surface area contributed by atoms with Crippen molar-refractivity contribution >= 4 is 23.1 Å². The van der Waals surface area contributed by atoms with Crippen molar-refractivity contribution < 1.29 is 9.32 Å². The van der Waals surface area contributed by atoms with Crippen molar-refractivity contribution in [3.8, 4) is 0 Å². The summed E-state index contributed by atoms with van der Waals surface area (Å²) in [6.45, 7) is 7.27. The molecule has 28 heavy (non-hydrogen) atoms. The molecule has 0 bridgehead atoms. The van der Waals surface area contributed by atoms with E-state index in [-0.39, 0.29) is 5.91 Å². The molecule has 3 aromatic heterocycles. The van der Waals surface area contributed by atoms with E-state index < -0.39 is 0 Å². The summed E-state index contributed by atoms with van der Waals surface area (Å²) in [5.74, 6) is 1.62. The maximum absolute atomic E-state index is 12.5. The van der Waals surface area contributed by atoms with Gasteiger partial charge >= 0.3 is 0 Å². The van der Waals surface area contributed by atoms with E-state index in [4.69, 9.17) is 4.52 Å². The molecule has 1 aliphatic rings. The van der Waals surface area contributed by atoms with Gasteiger partial charge in [-0.1, -0.05) is 11.2 Å². The minimum atomic E-state index is -0.00719. The standard InChI is InChI=1S/C19H24N6O2S/c1-15-11-16(27-22-15)12-23-6-8-24(9-7-23)14-19(26)21-18-4-5-20-25(18)13-17-3-2-10-28-17/h2-5,10-11H,6-9,12-14H2,1H3,(H,21,26). The number of rotatable bonds is 7. The zero-order valence-electron chi connectivity index (χ0n) is 15.9. The molecule has 0 aromatic carbocycles. The van der Waals surface area contributed by atoms with Crippen LogP contribution < -0.4 is 5.32 Å². The van der Waals surface area contributed by atoms with Gasteiger partial charge in [0.15, 0.2) is 5.76 Å². The van der Waals surface area contributed by atoms with E-state index in [0.717, 1.165) is 50.0 Å². The highest BCUT2D eigenvalue weighted by Crippen LogP contribution is 2.15. The lowest BCUT2D eigenvalue weighted by atomic mass is 10.3. The molecule has 1 amide bonds. The lowest BCUT2D eigenvalue weighted by molar-refractivity contribution is -0.117. The first-order chi connectivity index (χ1) is 13.7. The molecule has 1 aliphatic heterocycles. The fourth-order valence-corrected chi connectivity index (χ4v) is 4.00. The van der Waals surface area contributed by atoms with E-state index >= 15 is 0 Å². The molecule has 1 N–H and O–H groups in total. The Hall–Kier alpha value is -2.49. The lowest BCUT2D eigenvalue weighted by Gasteiger charge is -2.33. The van der Waals surface area contributed by atoms with Gasteiger partial charge in [0.2, 0.25) is 5.91 Å². The number of carbonyl (C=O) groups is 1. The second-order valence-electron chi connectivity index (χ2n) is 6.99. The van der Waals surface area contributed by atoms with Gasteiger partial charge in [-0.2, -0.15) is 5.10 Å². The number of piperazine rings is 1. The first-order valence-electron chi connectivity index (χ1n) is 9.37. The Morgan fingerprint density at radius 3 is 2.75 bits per heavy atom. The molecular formula is C19H24N6O2S. The van der Waals surface area contributed by atoms with Crippen molar-refractivity contribution in [3.63, 3.8) is 0 Å². The Balaban J connectivity index is 1.23. The molecular weight excluding hydrogens is 376 g/mol. The van der Waals surface area contributed by atoms with E-state index in [1.54, 1.807) is 17.5 Å². The number of thiophene rings is 1. The van der Waals surface area contributed by atoms with Crippen LogP contribution in [-0.2, 0) is 17.9 Å². The average molecular weight is 401 g/mol. The lowest BCUT2D eigenvalue weighted by Crippen LogP contribution is -2.48. The van der Waals surface area contributed by atoms with Crippen LogP contribution in [0, 0.1) is 6.92 Å². The highest BCUT2D eigenvalue weighted by atomic mass is 32.1. The summed E-state index contributed by atoms with van der Waals surface area (Å²) in [7, 11) is 0. The normalized spacial score (nSPS) is 15.8. The van der Waals surface area contributed by atoms with Gasteiger partial charge in [0.1, 0.15) is 5.82 Å². The Kier molecular flexibility index (Phi) is 5.84. The number of aromatic nitrogens is 3. The summed E-state index contributed by atoms with van der Waals surface area (Å²) in [4.78, 5) is 18.2. The van der Waals surface area contributed by atoms with E-state index in [9.17, 15) is 4.79 Å². The summed E-state index contributed by atoms with van der Waals surface area (Å²) in [5.41, 5.74) is 0.906. The number of nitrogens with zero attached hydrogens (tertiary/aromatic N) is 5. The molecule has 8 nitrogen and oxygen atoms in total. The van der Waals surface area contributed by atoms with E-state index in [1.807, 2.05) is 35.2 Å². The van der Waals surface area contributed by atoms with Gasteiger partial charge in [-0.15, -0.1) is 11.3 Å². The number of aryl methyl sites for hydroxylation is 1. The SMILES string of the molecule is Cc1cc(CN2CCN(CC(=O)Nc3ccnn3Cc3cccs3)CC2)on1. The van der Waals surface area contributed by atoms with Crippen molar-refractivity contribution in [2.45, 2.75) is 20.0 Å². The maximum atomic E-state index is 12.5. The minimum Gasteiger partial charge on any atom is -0.360 e. The highest BCUT2D eigenvalue weighted by Gasteiger charge is 2.20. The summed E-state index contributed by atoms with van der Waals surface area (Å²) in [5, 5.41) is 13.3. The smallest absolute Gasteiger partial charge is 0.239 e. The van der Waals surface area contributed by atoms with Crippen LogP contribution in [0.1, 0.15) is 16.3 Å². The van der Waals surface area contributed by atoms with Crippen LogP contribution in [-0.4, -0.2) is 63.4 Å². The second kappa shape index (κ2) is 8.68. The van der Waals surface area contributed by atoms with Crippen LogP contribution in [0.3, 0.4) is 0 Å². The van der Waals surface area contributed by atoms with Gasteiger partial charge in [-0.25, -0.2) is 4.68 Å². The number of amides is 1. The van der Waals surface area contributed by atoms with Crippen LogP contribution in [0.4, 0.5) is 5.82 Å². The summed E-state index contributed by atoms with van der Waals surface area (Å²) >= 11 is 1.68. The van der Waals surface area contributed by atoms with Gasteiger partial charge in [0.05, 0.1) is 31.5 Å². The Morgan fingerprint density at radius 1 is 1.21 bits per heavy atom. The molecule has 3 aromatic rings. The number of carbonyl (C=O) groups excluding carboxylic acids is 1. The number of hydrogen-bond donors (Lipinski definition) is 1. The van der Waals surface area contributed by atoms with Gasteiger partial charge in [-0.3, -0.25) is 14.6 Å². The van der Waals surface area contributed by atoms with Crippen molar-refractivity contribution in [2.75, 3.05) is 38.0 Å². The van der Waals surface area contributed by atoms with Crippen molar-refractivity contribution in [3.05, 3.63) is 52.2 Å². The summed E-state index contributed by atoms with van der Waals surface area (Å²) < 4.78 is 7.11. The van der Waals surface area contributed by atoms with Gasteiger partial charge in [-0.05, 0) is 18.4 Å². The highest BCUT2D eigenvalue weighted by molar-refractivity contribution is 7.09. The molecule has 1 fully saturated rings. The first kappa shape index (κ1) is 18.9. The van der Waals surface area contributed by atoms with Crippen LogP contribution >= 0.6 is 11.3 Å². The van der Waals surface area contributed by atoms with E-state index in [1.165, 1.54) is 4.88 Å². The van der Waals surface area contributed by atoms with Gasteiger partial charge < -0.3 is 9.84 Å². The molecule has 4 rings (SSSR count). The van der Waals surface area contributed by atoms with Crippen molar-refractivity contribution in [1.82, 2.24) is 24.7 Å². The third-order valence-electron chi connectivity index (χ3n) is 4.76. The fraction of sp³-hybridized carbons (Fsp3) is 0.421. The summed E-state index contributed by atoms with van der Waals surface area (Å²) in [6.07, 6.45) is 1.72. The predicted molar refractivity (Wildman–Crippen MR) is 107 cm³/mol. The molecule has 9 heteroatoms. The van der Waals surface area contributed by atoms with Crippen LogP contribution in [0.5, 0.6) is 0 Å². The van der Waals surface area contributed by atoms with Crippen molar-refractivity contribution in [2.24, 2.45) is 0 Å². The number of anilines is 1. The Morgan fingerprint density at radius 2 is 2.04 bits per heavy atom. The minimum absolute atomic E-state index is 0.00719. The van der Waals surface area contributed by atoms with Gasteiger partial charge in [0, 0.05) is 43.2 Å². The second-order valence-corrected chi connectivity index (χ2v) is 8.02. The van der Waals surface area contributed by atoms with Crippen LogP contribution in [0.25, 0.3) is 0 Å². The molecule has 0 aliphatic carbocycles. The molecule has 0 saturated carbocycles. The average Bonchev–Trinajstić information content (AvgIpc) is 3.42. The quantitative estimate of drug-likeness (QED) is 0.654. The monoisotopic (exact) mass is 400 g/mol. The maximum Gasteiger partial charge on any atom is 0.239 e. The Bertz CT molecular complexity index is 895. The predicted octanol–water partition coefficient (Wildman–Crippen LogP) is 2.05. The molecule has 0 radical (unpaired) electrons. The molecule has 148 valence electrons. The summed E-state index contributed by atoms with van der Waals surface area (Å²) in [6, 6.07) is 7.89. The molecule has 1 saturated heterocycles. The zero-order chi connectivity index (χ0) is 19.3. The first-order valence-corrected chi connectivity index (χ1v) is 10.2.